The van der Waals surface area contributed by atoms with E-state index in [4.69, 9.17) is 0 Å². The lowest BCUT2D eigenvalue weighted by Crippen LogP contribution is -2.44. The molecule has 0 aromatic rings. The zero-order chi connectivity index (χ0) is 13.6. The molecule has 112 valence electrons. The van der Waals surface area contributed by atoms with Crippen LogP contribution in [0.15, 0.2) is 0 Å². The van der Waals surface area contributed by atoms with Crippen molar-refractivity contribution in [3.05, 3.63) is 0 Å². The lowest BCUT2D eigenvalue weighted by atomic mass is 9.60. The molecule has 19 heavy (non-hydrogen) atoms. The van der Waals surface area contributed by atoms with Crippen molar-refractivity contribution in [3.63, 3.8) is 0 Å². The number of hydrogen-bond donors (Lipinski definition) is 0. The average molecular weight is 301 g/mol. The van der Waals surface area contributed by atoms with Gasteiger partial charge >= 0.3 is 0 Å². The Bertz CT molecular complexity index is 214. The lowest BCUT2D eigenvalue weighted by Gasteiger charge is -2.49. The molecule has 2 heteroatoms. The smallest absolute Gasteiger partial charge is 0.0000356 e. The molecule has 0 amide bonds. The lowest BCUT2D eigenvalue weighted by molar-refractivity contribution is 0.0683. The van der Waals surface area contributed by atoms with Crippen molar-refractivity contribution in [2.45, 2.75) is 64.2 Å². The molecule has 0 atom stereocenters. The molecule has 0 aromatic heterocycles. The van der Waals surface area contributed by atoms with E-state index in [1.165, 1.54) is 75.7 Å². The predicted molar refractivity (Wildman–Crippen MR) is 92.3 cm³/mol. The van der Waals surface area contributed by atoms with Crippen LogP contribution in [0.4, 0.5) is 0 Å². The first-order valence-electron chi connectivity index (χ1n) is 8.31. The third kappa shape index (κ3) is 3.87. The molecule has 2 fully saturated rings. The number of thioether (sulfide) groups is 2. The molecule has 0 unspecified atom stereocenters. The highest BCUT2D eigenvalue weighted by Crippen LogP contribution is 2.51. The van der Waals surface area contributed by atoms with Crippen molar-refractivity contribution in [1.82, 2.24) is 0 Å². The molecular formula is C17H32S2. The van der Waals surface area contributed by atoms with Gasteiger partial charge in [-0.25, -0.2) is 0 Å². The van der Waals surface area contributed by atoms with Crippen LogP contribution in [0.2, 0.25) is 0 Å². The van der Waals surface area contributed by atoms with Gasteiger partial charge in [0, 0.05) is 0 Å². The molecule has 0 spiro atoms. The molecule has 0 heterocycles. The summed E-state index contributed by atoms with van der Waals surface area (Å²) in [7, 11) is 0. The minimum Gasteiger partial charge on any atom is -0.165 e. The molecule has 0 nitrogen and oxygen atoms in total. The summed E-state index contributed by atoms with van der Waals surface area (Å²) in [5, 5.41) is 0. The van der Waals surface area contributed by atoms with E-state index in [1.807, 2.05) is 0 Å². The maximum absolute atomic E-state index is 2.33. The van der Waals surface area contributed by atoms with Gasteiger partial charge in [-0.05, 0) is 67.0 Å². The Morgan fingerprint density at radius 3 is 1.37 bits per heavy atom. The fourth-order valence-electron chi connectivity index (χ4n) is 4.74. The van der Waals surface area contributed by atoms with Crippen molar-refractivity contribution in [2.75, 3.05) is 24.0 Å². The molecule has 0 saturated heterocycles. The summed E-state index contributed by atoms with van der Waals surface area (Å²) >= 11 is 4.24. The summed E-state index contributed by atoms with van der Waals surface area (Å²) < 4.78 is 0. The third-order valence-corrected chi connectivity index (χ3v) is 7.31. The zero-order valence-electron chi connectivity index (χ0n) is 13.0. The molecule has 2 aliphatic rings. The highest BCUT2D eigenvalue weighted by molar-refractivity contribution is 7.99. The van der Waals surface area contributed by atoms with E-state index in [9.17, 15) is 0 Å². The van der Waals surface area contributed by atoms with E-state index in [2.05, 4.69) is 36.0 Å². The summed E-state index contributed by atoms with van der Waals surface area (Å²) in [4.78, 5) is 0. The normalized spacial score (nSPS) is 23.7. The first kappa shape index (κ1) is 16.1. The Kier molecular flexibility index (Phi) is 6.95. The molecule has 0 aliphatic heterocycles. The van der Waals surface area contributed by atoms with Gasteiger partial charge in [0.25, 0.3) is 0 Å². The van der Waals surface area contributed by atoms with E-state index in [1.54, 1.807) is 0 Å². The van der Waals surface area contributed by atoms with Crippen LogP contribution >= 0.6 is 23.5 Å². The van der Waals surface area contributed by atoms with Crippen LogP contribution in [-0.4, -0.2) is 24.0 Å². The summed E-state index contributed by atoms with van der Waals surface area (Å²) in [6.45, 7) is 0. The maximum atomic E-state index is 2.33. The highest BCUT2D eigenvalue weighted by atomic mass is 32.2. The second-order valence-electron chi connectivity index (χ2n) is 6.77. The van der Waals surface area contributed by atoms with E-state index in [-0.39, 0.29) is 0 Å². The van der Waals surface area contributed by atoms with E-state index in [0.717, 1.165) is 11.8 Å². The largest absolute Gasteiger partial charge is 0.165 e. The van der Waals surface area contributed by atoms with Crippen LogP contribution in [0.3, 0.4) is 0 Å². The van der Waals surface area contributed by atoms with Gasteiger partial charge in [0.2, 0.25) is 0 Å². The zero-order valence-corrected chi connectivity index (χ0v) is 14.6. The molecular weight excluding hydrogens is 268 g/mol. The minimum absolute atomic E-state index is 0.666. The first-order chi connectivity index (χ1) is 9.33. The van der Waals surface area contributed by atoms with E-state index >= 15 is 0 Å². The van der Waals surface area contributed by atoms with Gasteiger partial charge in [-0.3, -0.25) is 0 Å². The standard InChI is InChI=1S/C17H32S2/c1-18-13-17(14-19-2,15-9-5-3-6-10-15)16-11-7-4-8-12-16/h15-16H,3-14H2,1-2H3. The van der Waals surface area contributed by atoms with Gasteiger partial charge in [0.15, 0.2) is 0 Å². The van der Waals surface area contributed by atoms with Crippen LogP contribution in [-0.2, 0) is 0 Å². The molecule has 0 aromatic carbocycles. The van der Waals surface area contributed by atoms with Crippen LogP contribution in [0, 0.1) is 17.3 Å². The van der Waals surface area contributed by atoms with Crippen molar-refractivity contribution >= 4 is 23.5 Å². The summed E-state index contributed by atoms with van der Waals surface area (Å²) in [5.41, 5.74) is 0.666. The predicted octanol–water partition coefficient (Wildman–Crippen LogP) is 5.86. The quantitative estimate of drug-likeness (QED) is 0.602. The SMILES string of the molecule is CSCC(CSC)(C1CCCCC1)C1CCCCC1. The Labute approximate surface area is 129 Å². The van der Waals surface area contributed by atoms with Crippen molar-refractivity contribution in [3.8, 4) is 0 Å². The van der Waals surface area contributed by atoms with Crippen LogP contribution < -0.4 is 0 Å². The summed E-state index contributed by atoms with van der Waals surface area (Å²) in [6, 6.07) is 0. The van der Waals surface area contributed by atoms with Gasteiger partial charge in [-0.2, -0.15) is 23.5 Å². The van der Waals surface area contributed by atoms with Gasteiger partial charge < -0.3 is 0 Å². The minimum atomic E-state index is 0.666. The van der Waals surface area contributed by atoms with Gasteiger partial charge in [-0.1, -0.05) is 38.5 Å². The van der Waals surface area contributed by atoms with Gasteiger partial charge in [0.1, 0.15) is 0 Å². The molecule has 2 aliphatic carbocycles. The van der Waals surface area contributed by atoms with Gasteiger partial charge in [0.05, 0.1) is 0 Å². The Morgan fingerprint density at radius 1 is 0.684 bits per heavy atom. The fourth-order valence-corrected chi connectivity index (χ4v) is 7.09. The van der Waals surface area contributed by atoms with Crippen LogP contribution in [0.25, 0.3) is 0 Å². The second-order valence-corrected chi connectivity index (χ2v) is 8.50. The van der Waals surface area contributed by atoms with Crippen LogP contribution in [0.5, 0.6) is 0 Å². The van der Waals surface area contributed by atoms with Crippen molar-refractivity contribution < 1.29 is 0 Å². The van der Waals surface area contributed by atoms with Crippen LogP contribution in [0.1, 0.15) is 64.2 Å². The van der Waals surface area contributed by atoms with E-state index in [0.29, 0.717) is 5.41 Å². The van der Waals surface area contributed by atoms with E-state index < -0.39 is 0 Å². The molecule has 2 rings (SSSR count). The van der Waals surface area contributed by atoms with Crippen molar-refractivity contribution in [2.24, 2.45) is 17.3 Å². The van der Waals surface area contributed by atoms with Gasteiger partial charge in [-0.15, -0.1) is 0 Å². The fraction of sp³-hybridized carbons (Fsp3) is 1.00. The monoisotopic (exact) mass is 300 g/mol. The van der Waals surface area contributed by atoms with Crippen molar-refractivity contribution in [1.29, 1.82) is 0 Å². The molecule has 0 bridgehead atoms. The molecule has 0 N–H and O–H groups in total. The maximum Gasteiger partial charge on any atom is -0.0000356 e. The second kappa shape index (κ2) is 8.22. The number of rotatable bonds is 6. The molecule has 2 saturated carbocycles. The molecule has 0 radical (unpaired) electrons. The summed E-state index contributed by atoms with van der Waals surface area (Å²) in [5.74, 6) is 4.90. The summed E-state index contributed by atoms with van der Waals surface area (Å²) in [6.07, 6.45) is 19.8. The average Bonchev–Trinajstić information content (AvgIpc) is 2.49. The highest BCUT2D eigenvalue weighted by Gasteiger charge is 2.44. The topological polar surface area (TPSA) is 0 Å². The number of hydrogen-bond acceptors (Lipinski definition) is 2. The Hall–Kier alpha value is 0.700. The first-order valence-corrected chi connectivity index (χ1v) is 11.1. The Morgan fingerprint density at radius 2 is 1.05 bits per heavy atom. The third-order valence-electron chi connectivity index (χ3n) is 5.66. The Balaban J connectivity index is 2.16.